The van der Waals surface area contributed by atoms with E-state index >= 15 is 0 Å². The Morgan fingerprint density at radius 2 is 2.00 bits per heavy atom. The van der Waals surface area contributed by atoms with Crippen LogP contribution in [0.3, 0.4) is 0 Å². The second kappa shape index (κ2) is 4.60. The van der Waals surface area contributed by atoms with Crippen LogP contribution >= 0.6 is 0 Å². The lowest BCUT2D eigenvalue weighted by atomic mass is 10.1. The monoisotopic (exact) mass is 324 g/mol. The van der Waals surface area contributed by atoms with Gasteiger partial charge in [-0.1, -0.05) is 0 Å². The van der Waals surface area contributed by atoms with Gasteiger partial charge in [-0.05, 0) is 30.7 Å². The molecule has 0 amide bonds. The second-order valence-corrected chi connectivity index (χ2v) is 8.93. The number of pyridine rings is 2. The van der Waals surface area contributed by atoms with Crippen LogP contribution in [-0.4, -0.2) is 32.6 Å². The third-order valence-corrected chi connectivity index (χ3v) is 7.44. The van der Waals surface area contributed by atoms with Crippen LogP contribution in [0, 0.1) is 6.92 Å². The Bertz CT molecular complexity index is 906. The highest BCUT2D eigenvalue weighted by Gasteiger charge is 2.45. The highest BCUT2D eigenvalue weighted by Crippen LogP contribution is 2.41. The van der Waals surface area contributed by atoms with Gasteiger partial charge in [-0.3, -0.25) is 4.98 Å². The molecule has 1 unspecified atom stereocenters. The summed E-state index contributed by atoms with van der Waals surface area (Å²) in [5, 5.41) is -1.25. The number of nitrogens with zero attached hydrogens (tertiary/aromatic N) is 2. The lowest BCUT2D eigenvalue weighted by Crippen LogP contribution is -2.16. The van der Waals surface area contributed by atoms with E-state index in [2.05, 4.69) is 9.97 Å². The molecular weight excluding hydrogens is 312 g/mol. The molecule has 0 aromatic carbocycles. The van der Waals surface area contributed by atoms with Crippen molar-refractivity contribution in [2.24, 2.45) is 0 Å². The van der Waals surface area contributed by atoms with Crippen molar-refractivity contribution in [3.05, 3.63) is 47.9 Å². The molecule has 1 atom stereocenters. The molecule has 0 spiro atoms. The van der Waals surface area contributed by atoms with Crippen molar-refractivity contribution >= 4 is 19.7 Å². The summed E-state index contributed by atoms with van der Waals surface area (Å²) >= 11 is 0. The van der Waals surface area contributed by atoms with Gasteiger partial charge in [-0.25, -0.2) is 21.8 Å². The van der Waals surface area contributed by atoms with Gasteiger partial charge in [0.25, 0.3) is 0 Å². The van der Waals surface area contributed by atoms with E-state index in [0.717, 1.165) is 0 Å². The molecule has 8 heteroatoms. The predicted octanol–water partition coefficient (Wildman–Crippen LogP) is 1.09. The molecule has 1 aliphatic heterocycles. The standard InChI is InChI=1S/C13H12N2O4S2/c1-9-4-6-15-13-12(9)11(8-20(13,16)17)21(18,19)10-3-2-5-14-7-10/h2-7,11H,8H2,1H3. The summed E-state index contributed by atoms with van der Waals surface area (Å²) in [7, 11) is -7.51. The summed E-state index contributed by atoms with van der Waals surface area (Å²) in [6.45, 7) is 1.69. The third-order valence-electron chi connectivity index (χ3n) is 3.50. The van der Waals surface area contributed by atoms with Gasteiger partial charge >= 0.3 is 0 Å². The van der Waals surface area contributed by atoms with Gasteiger partial charge in [0.1, 0.15) is 5.25 Å². The molecule has 0 aliphatic carbocycles. The van der Waals surface area contributed by atoms with Gasteiger partial charge in [0.15, 0.2) is 24.7 Å². The van der Waals surface area contributed by atoms with E-state index in [4.69, 9.17) is 0 Å². The van der Waals surface area contributed by atoms with Crippen molar-refractivity contribution in [2.75, 3.05) is 5.75 Å². The molecular formula is C13H12N2O4S2. The molecule has 110 valence electrons. The zero-order valence-electron chi connectivity index (χ0n) is 11.1. The minimum atomic E-state index is -3.83. The lowest BCUT2D eigenvalue weighted by Gasteiger charge is -2.13. The minimum Gasteiger partial charge on any atom is -0.263 e. The van der Waals surface area contributed by atoms with Crippen molar-refractivity contribution in [3.8, 4) is 0 Å². The summed E-state index contributed by atoms with van der Waals surface area (Å²) in [6.07, 6.45) is 4.07. The number of aromatic nitrogens is 2. The number of fused-ring (bicyclic) bond motifs is 1. The number of rotatable bonds is 2. The van der Waals surface area contributed by atoms with Gasteiger partial charge in [0, 0.05) is 24.2 Å². The first-order valence-electron chi connectivity index (χ1n) is 6.16. The SMILES string of the molecule is Cc1ccnc2c1C(S(=O)(=O)c1cccnc1)CS2(=O)=O. The fraction of sp³-hybridized carbons (Fsp3) is 0.231. The fourth-order valence-corrected chi connectivity index (χ4v) is 6.79. The summed E-state index contributed by atoms with van der Waals surface area (Å²) in [5.41, 5.74) is 0.889. The maximum atomic E-state index is 12.7. The van der Waals surface area contributed by atoms with E-state index in [-0.39, 0.29) is 15.5 Å². The quantitative estimate of drug-likeness (QED) is 0.820. The first kappa shape index (κ1) is 14.2. The molecule has 1 aliphatic rings. The zero-order valence-corrected chi connectivity index (χ0v) is 12.7. The Balaban J connectivity index is 2.24. The van der Waals surface area contributed by atoms with Crippen LogP contribution in [0.2, 0.25) is 0 Å². The number of aryl methyl sites for hydroxylation is 1. The van der Waals surface area contributed by atoms with Crippen molar-refractivity contribution in [2.45, 2.75) is 22.1 Å². The van der Waals surface area contributed by atoms with E-state index < -0.39 is 30.7 Å². The maximum Gasteiger partial charge on any atom is 0.197 e. The van der Waals surface area contributed by atoms with Crippen molar-refractivity contribution in [1.29, 1.82) is 0 Å². The molecule has 0 saturated heterocycles. The normalized spacial score (nSPS) is 20.1. The molecule has 0 saturated carbocycles. The van der Waals surface area contributed by atoms with Gasteiger partial charge in [-0.15, -0.1) is 0 Å². The third kappa shape index (κ3) is 2.14. The Labute approximate surface area is 122 Å². The molecule has 0 bridgehead atoms. The molecule has 0 radical (unpaired) electrons. The van der Waals surface area contributed by atoms with Gasteiger partial charge in [-0.2, -0.15) is 0 Å². The highest BCUT2D eigenvalue weighted by atomic mass is 32.2. The van der Waals surface area contributed by atoms with Crippen molar-refractivity contribution in [1.82, 2.24) is 9.97 Å². The van der Waals surface area contributed by atoms with Gasteiger partial charge in [0.05, 0.1) is 10.6 Å². The minimum absolute atomic E-state index is 0.0151. The van der Waals surface area contributed by atoms with Crippen LogP contribution < -0.4 is 0 Å². The number of hydrogen-bond donors (Lipinski definition) is 0. The average Bonchev–Trinajstić information content (AvgIpc) is 2.74. The molecule has 0 fully saturated rings. The summed E-state index contributed by atoms with van der Waals surface area (Å²) < 4.78 is 49.7. The molecule has 3 rings (SSSR count). The molecule has 3 heterocycles. The van der Waals surface area contributed by atoms with Crippen LogP contribution in [-0.2, 0) is 19.7 Å². The van der Waals surface area contributed by atoms with Crippen molar-refractivity contribution in [3.63, 3.8) is 0 Å². The van der Waals surface area contributed by atoms with E-state index in [1.54, 1.807) is 13.0 Å². The van der Waals surface area contributed by atoms with Crippen LogP contribution in [0.15, 0.2) is 46.7 Å². The summed E-state index contributed by atoms with van der Waals surface area (Å²) in [6, 6.07) is 4.54. The van der Waals surface area contributed by atoms with Crippen molar-refractivity contribution < 1.29 is 16.8 Å². The van der Waals surface area contributed by atoms with Gasteiger partial charge in [0.2, 0.25) is 0 Å². The molecule has 2 aromatic heterocycles. The summed E-state index contributed by atoms with van der Waals surface area (Å²) in [5.74, 6) is -0.475. The molecule has 21 heavy (non-hydrogen) atoms. The zero-order chi connectivity index (χ0) is 15.3. The van der Waals surface area contributed by atoms with E-state index in [0.29, 0.717) is 5.56 Å². The largest absolute Gasteiger partial charge is 0.263 e. The van der Waals surface area contributed by atoms with Crippen LogP contribution in [0.5, 0.6) is 0 Å². The predicted molar refractivity (Wildman–Crippen MR) is 75.2 cm³/mol. The van der Waals surface area contributed by atoms with Crippen LogP contribution in [0.4, 0.5) is 0 Å². The van der Waals surface area contributed by atoms with Crippen LogP contribution in [0.25, 0.3) is 0 Å². The Kier molecular flexibility index (Phi) is 3.10. The molecule has 2 aromatic rings. The summed E-state index contributed by atoms with van der Waals surface area (Å²) in [4.78, 5) is 7.67. The molecule has 6 nitrogen and oxygen atoms in total. The lowest BCUT2D eigenvalue weighted by molar-refractivity contribution is 0.581. The Morgan fingerprint density at radius 1 is 1.24 bits per heavy atom. The first-order chi connectivity index (χ1) is 9.84. The van der Waals surface area contributed by atoms with E-state index in [1.165, 1.54) is 30.7 Å². The second-order valence-electron chi connectivity index (χ2n) is 4.85. The average molecular weight is 324 g/mol. The molecule has 0 N–H and O–H groups in total. The first-order valence-corrected chi connectivity index (χ1v) is 9.36. The van der Waals surface area contributed by atoms with Gasteiger partial charge < -0.3 is 0 Å². The van der Waals surface area contributed by atoms with E-state index in [9.17, 15) is 16.8 Å². The number of sulfone groups is 2. The topological polar surface area (TPSA) is 94.1 Å². The van der Waals surface area contributed by atoms with E-state index in [1.807, 2.05) is 0 Å². The smallest absolute Gasteiger partial charge is 0.197 e. The number of hydrogen-bond acceptors (Lipinski definition) is 6. The Morgan fingerprint density at radius 3 is 2.67 bits per heavy atom. The Hall–Kier alpha value is -1.80. The highest BCUT2D eigenvalue weighted by molar-refractivity contribution is 7.96. The van der Waals surface area contributed by atoms with Crippen LogP contribution in [0.1, 0.15) is 16.4 Å². The maximum absolute atomic E-state index is 12.7. The fourth-order valence-electron chi connectivity index (χ4n) is 2.47.